The van der Waals surface area contributed by atoms with Crippen LogP contribution in [-0.4, -0.2) is 23.9 Å². The van der Waals surface area contributed by atoms with Gasteiger partial charge in [-0.3, -0.25) is 4.79 Å². The van der Waals surface area contributed by atoms with E-state index in [2.05, 4.69) is 0 Å². The molecule has 0 aliphatic carbocycles. The highest BCUT2D eigenvalue weighted by atomic mass is 19.1. The van der Waals surface area contributed by atoms with Gasteiger partial charge in [0.25, 0.3) is 5.91 Å². The molecular formula is C14H16FNO. The summed E-state index contributed by atoms with van der Waals surface area (Å²) in [6, 6.07) is 4.32. The van der Waals surface area contributed by atoms with Crippen molar-refractivity contribution in [2.45, 2.75) is 19.8 Å². The highest BCUT2D eigenvalue weighted by molar-refractivity contribution is 5.97. The molecule has 0 N–H and O–H groups in total. The van der Waals surface area contributed by atoms with Gasteiger partial charge in [0, 0.05) is 18.7 Å². The number of carbonyl (C=O) groups excluding carboxylic acids is 1. The number of rotatable bonds is 2. The number of carbonyl (C=O) groups is 1. The van der Waals surface area contributed by atoms with Gasteiger partial charge >= 0.3 is 0 Å². The standard InChI is InChI=1S/C14H16FNO/c1-2-5-11-10-12(15)6-7-13(11)14(17)16-8-3-4-9-16/h2,5-7,10H,3-4,8-9H2,1H3/b5-2+. The van der Waals surface area contributed by atoms with Gasteiger partial charge in [-0.2, -0.15) is 0 Å². The number of allylic oxidation sites excluding steroid dienone is 1. The summed E-state index contributed by atoms with van der Waals surface area (Å²) in [5.74, 6) is -0.299. The predicted molar refractivity (Wildman–Crippen MR) is 66.2 cm³/mol. The average molecular weight is 233 g/mol. The molecule has 0 unspecified atom stereocenters. The number of nitrogens with zero attached hydrogens (tertiary/aromatic N) is 1. The second-order valence-corrected chi connectivity index (χ2v) is 4.23. The highest BCUT2D eigenvalue weighted by Gasteiger charge is 2.21. The van der Waals surface area contributed by atoms with Crippen molar-refractivity contribution >= 4 is 12.0 Å². The molecule has 0 spiro atoms. The SMILES string of the molecule is C/C=C/c1cc(F)ccc1C(=O)N1CCCC1. The molecule has 0 bridgehead atoms. The summed E-state index contributed by atoms with van der Waals surface area (Å²) in [5, 5.41) is 0. The lowest BCUT2D eigenvalue weighted by Gasteiger charge is -2.16. The first-order valence-corrected chi connectivity index (χ1v) is 5.94. The van der Waals surface area contributed by atoms with Gasteiger partial charge in [-0.25, -0.2) is 4.39 Å². The van der Waals surface area contributed by atoms with Crippen LogP contribution in [0.1, 0.15) is 35.7 Å². The summed E-state index contributed by atoms with van der Waals surface area (Å²) in [6.07, 6.45) is 5.71. The van der Waals surface area contributed by atoms with Crippen LogP contribution in [0.4, 0.5) is 4.39 Å². The maximum absolute atomic E-state index is 13.2. The number of hydrogen-bond acceptors (Lipinski definition) is 1. The summed E-state index contributed by atoms with van der Waals surface area (Å²) in [4.78, 5) is 14.1. The second-order valence-electron chi connectivity index (χ2n) is 4.23. The number of amides is 1. The van der Waals surface area contributed by atoms with Crippen molar-refractivity contribution in [1.82, 2.24) is 4.90 Å². The third-order valence-corrected chi connectivity index (χ3v) is 2.98. The van der Waals surface area contributed by atoms with Gasteiger partial charge in [0.05, 0.1) is 0 Å². The third kappa shape index (κ3) is 2.54. The molecule has 90 valence electrons. The smallest absolute Gasteiger partial charge is 0.254 e. The second kappa shape index (κ2) is 5.13. The molecule has 1 amide bonds. The topological polar surface area (TPSA) is 20.3 Å². The number of hydrogen-bond donors (Lipinski definition) is 0. The Labute approximate surface area is 101 Å². The minimum atomic E-state index is -0.309. The zero-order valence-electron chi connectivity index (χ0n) is 9.95. The van der Waals surface area contributed by atoms with E-state index in [1.54, 1.807) is 12.1 Å². The molecule has 1 aliphatic rings. The van der Waals surface area contributed by atoms with E-state index in [9.17, 15) is 9.18 Å². The minimum Gasteiger partial charge on any atom is -0.339 e. The summed E-state index contributed by atoms with van der Waals surface area (Å²) >= 11 is 0. The Bertz CT molecular complexity index is 448. The molecule has 1 fully saturated rings. The van der Waals surface area contributed by atoms with Crippen LogP contribution in [0.3, 0.4) is 0 Å². The van der Waals surface area contributed by atoms with Crippen LogP contribution in [-0.2, 0) is 0 Å². The van der Waals surface area contributed by atoms with Gasteiger partial charge in [0.1, 0.15) is 5.82 Å². The Morgan fingerprint density at radius 3 is 2.71 bits per heavy atom. The monoisotopic (exact) mass is 233 g/mol. The molecule has 1 saturated heterocycles. The fraction of sp³-hybridized carbons (Fsp3) is 0.357. The Morgan fingerprint density at radius 1 is 1.35 bits per heavy atom. The molecule has 2 rings (SSSR count). The van der Waals surface area contributed by atoms with Crippen LogP contribution in [0.5, 0.6) is 0 Å². The first-order valence-electron chi connectivity index (χ1n) is 5.94. The van der Waals surface area contributed by atoms with E-state index in [0.29, 0.717) is 11.1 Å². The van der Waals surface area contributed by atoms with Crippen LogP contribution in [0.2, 0.25) is 0 Å². The lowest BCUT2D eigenvalue weighted by atomic mass is 10.1. The van der Waals surface area contributed by atoms with Crippen molar-refractivity contribution in [3.63, 3.8) is 0 Å². The van der Waals surface area contributed by atoms with E-state index in [0.717, 1.165) is 25.9 Å². The van der Waals surface area contributed by atoms with Gasteiger partial charge in [0.15, 0.2) is 0 Å². The molecule has 3 heteroatoms. The van der Waals surface area contributed by atoms with Gasteiger partial charge in [0.2, 0.25) is 0 Å². The molecule has 0 radical (unpaired) electrons. The van der Waals surface area contributed by atoms with Crippen molar-refractivity contribution < 1.29 is 9.18 Å². The molecule has 0 atom stereocenters. The molecule has 0 aromatic heterocycles. The van der Waals surface area contributed by atoms with Gasteiger partial charge < -0.3 is 4.90 Å². The summed E-state index contributed by atoms with van der Waals surface area (Å²) in [5.41, 5.74) is 1.25. The Hall–Kier alpha value is -1.64. The first kappa shape index (κ1) is 11.8. The molecule has 1 heterocycles. The molecule has 17 heavy (non-hydrogen) atoms. The van der Waals surface area contributed by atoms with E-state index >= 15 is 0 Å². The fourth-order valence-electron chi connectivity index (χ4n) is 2.14. The zero-order chi connectivity index (χ0) is 12.3. The zero-order valence-corrected chi connectivity index (χ0v) is 9.95. The number of benzene rings is 1. The fourth-order valence-corrected chi connectivity index (χ4v) is 2.14. The molecular weight excluding hydrogens is 217 g/mol. The Kier molecular flexibility index (Phi) is 3.57. The van der Waals surface area contributed by atoms with Gasteiger partial charge in [-0.1, -0.05) is 12.2 Å². The summed E-state index contributed by atoms with van der Waals surface area (Å²) in [6.45, 7) is 3.48. The Balaban J connectivity index is 2.33. The van der Waals surface area contributed by atoms with Crippen molar-refractivity contribution in [1.29, 1.82) is 0 Å². The highest BCUT2D eigenvalue weighted by Crippen LogP contribution is 2.18. The van der Waals surface area contributed by atoms with Gasteiger partial charge in [-0.15, -0.1) is 0 Å². The van der Waals surface area contributed by atoms with Crippen LogP contribution in [0.25, 0.3) is 6.08 Å². The van der Waals surface area contributed by atoms with E-state index in [-0.39, 0.29) is 11.7 Å². The maximum Gasteiger partial charge on any atom is 0.254 e. The van der Waals surface area contributed by atoms with Crippen LogP contribution in [0, 0.1) is 5.82 Å². The van der Waals surface area contributed by atoms with Crippen molar-refractivity contribution in [3.05, 3.63) is 41.2 Å². The summed E-state index contributed by atoms with van der Waals surface area (Å²) in [7, 11) is 0. The van der Waals surface area contributed by atoms with E-state index in [1.807, 2.05) is 17.9 Å². The van der Waals surface area contributed by atoms with Crippen molar-refractivity contribution in [2.75, 3.05) is 13.1 Å². The molecule has 1 aromatic carbocycles. The minimum absolute atomic E-state index is 0.00981. The average Bonchev–Trinajstić information content (AvgIpc) is 2.82. The number of halogens is 1. The molecule has 1 aromatic rings. The van der Waals surface area contributed by atoms with E-state index < -0.39 is 0 Å². The lowest BCUT2D eigenvalue weighted by Crippen LogP contribution is -2.28. The first-order chi connectivity index (χ1) is 8.22. The van der Waals surface area contributed by atoms with Crippen LogP contribution >= 0.6 is 0 Å². The molecule has 2 nitrogen and oxygen atoms in total. The van der Waals surface area contributed by atoms with Crippen molar-refractivity contribution in [2.24, 2.45) is 0 Å². The third-order valence-electron chi connectivity index (χ3n) is 2.98. The largest absolute Gasteiger partial charge is 0.339 e. The van der Waals surface area contributed by atoms with Gasteiger partial charge in [-0.05, 0) is 43.5 Å². The molecule has 1 aliphatic heterocycles. The summed E-state index contributed by atoms with van der Waals surface area (Å²) < 4.78 is 13.2. The number of likely N-dealkylation sites (tertiary alicyclic amines) is 1. The van der Waals surface area contributed by atoms with Crippen LogP contribution < -0.4 is 0 Å². The molecule has 0 saturated carbocycles. The predicted octanol–water partition coefficient (Wildman–Crippen LogP) is 3.09. The van der Waals surface area contributed by atoms with Crippen LogP contribution in [0.15, 0.2) is 24.3 Å². The quantitative estimate of drug-likeness (QED) is 0.768. The Morgan fingerprint density at radius 2 is 2.06 bits per heavy atom. The van der Waals surface area contributed by atoms with E-state index in [1.165, 1.54) is 12.1 Å². The normalized spacial score (nSPS) is 15.8. The lowest BCUT2D eigenvalue weighted by molar-refractivity contribution is 0.0792. The van der Waals surface area contributed by atoms with E-state index in [4.69, 9.17) is 0 Å². The maximum atomic E-state index is 13.2. The van der Waals surface area contributed by atoms with Crippen molar-refractivity contribution in [3.8, 4) is 0 Å².